The van der Waals surface area contributed by atoms with E-state index >= 15 is 0 Å². The highest BCUT2D eigenvalue weighted by Gasteiger charge is 2.18. The van der Waals surface area contributed by atoms with Crippen molar-refractivity contribution >= 4 is 29.4 Å². The van der Waals surface area contributed by atoms with Crippen LogP contribution in [0.25, 0.3) is 0 Å². The van der Waals surface area contributed by atoms with E-state index in [1.807, 2.05) is 12.1 Å². The first kappa shape index (κ1) is 14.7. The lowest BCUT2D eigenvalue weighted by atomic mass is 10.2. The summed E-state index contributed by atoms with van der Waals surface area (Å²) in [7, 11) is 0. The van der Waals surface area contributed by atoms with Crippen LogP contribution < -0.4 is 0 Å². The van der Waals surface area contributed by atoms with Gasteiger partial charge in [0.15, 0.2) is 0 Å². The average Bonchev–Trinajstić information content (AvgIpc) is 2.49. The first-order chi connectivity index (χ1) is 9.66. The third kappa shape index (κ3) is 4.15. The highest BCUT2D eigenvalue weighted by Crippen LogP contribution is 2.26. The lowest BCUT2D eigenvalue weighted by Crippen LogP contribution is -2.11. The predicted octanol–water partition coefficient (Wildman–Crippen LogP) is 5.01. The van der Waals surface area contributed by atoms with Crippen molar-refractivity contribution in [1.82, 2.24) is 0 Å². The van der Waals surface area contributed by atoms with E-state index in [2.05, 4.69) is 0 Å². The SMILES string of the molecule is O=C(OC(Cl)c1ccccc1)OC(Cl)c1ccccc1. The second-order valence-corrected chi connectivity index (χ2v) is 4.73. The number of carbonyl (C=O) groups excluding carboxylic acids is 1. The molecule has 0 N–H and O–H groups in total. The van der Waals surface area contributed by atoms with Gasteiger partial charge in [-0.05, 0) is 0 Å². The van der Waals surface area contributed by atoms with Gasteiger partial charge in [-0.2, -0.15) is 0 Å². The summed E-state index contributed by atoms with van der Waals surface area (Å²) in [5.41, 5.74) is -0.499. The molecule has 104 valence electrons. The van der Waals surface area contributed by atoms with Gasteiger partial charge in [0.05, 0.1) is 0 Å². The van der Waals surface area contributed by atoms with Gasteiger partial charge in [0.2, 0.25) is 11.1 Å². The molecule has 0 aromatic heterocycles. The zero-order valence-corrected chi connectivity index (χ0v) is 11.9. The standard InChI is InChI=1S/C15H12Cl2O3/c16-13(11-7-3-1-4-8-11)19-15(18)20-14(17)12-9-5-2-6-10-12/h1-10,13-14H. The Morgan fingerprint density at radius 1 is 0.750 bits per heavy atom. The Bertz CT molecular complexity index is 496. The van der Waals surface area contributed by atoms with Crippen molar-refractivity contribution in [2.45, 2.75) is 11.1 Å². The quantitative estimate of drug-likeness (QED) is 0.588. The molecule has 0 saturated carbocycles. The monoisotopic (exact) mass is 310 g/mol. The molecule has 0 aliphatic heterocycles. The molecular weight excluding hydrogens is 299 g/mol. The minimum Gasteiger partial charge on any atom is -0.410 e. The molecule has 0 bridgehead atoms. The number of halogens is 2. The van der Waals surface area contributed by atoms with Crippen LogP contribution >= 0.6 is 23.2 Å². The van der Waals surface area contributed by atoms with Crippen molar-refractivity contribution in [3.63, 3.8) is 0 Å². The van der Waals surface area contributed by atoms with Gasteiger partial charge in [-0.15, -0.1) is 0 Å². The highest BCUT2D eigenvalue weighted by molar-refractivity contribution is 6.21. The fraction of sp³-hybridized carbons (Fsp3) is 0.133. The Balaban J connectivity index is 1.90. The molecule has 0 radical (unpaired) electrons. The number of rotatable bonds is 4. The maximum absolute atomic E-state index is 11.6. The Morgan fingerprint density at radius 3 is 1.45 bits per heavy atom. The molecule has 5 heteroatoms. The van der Waals surface area contributed by atoms with E-state index in [0.29, 0.717) is 11.1 Å². The lowest BCUT2D eigenvalue weighted by molar-refractivity contribution is 0.0361. The topological polar surface area (TPSA) is 35.5 Å². The maximum Gasteiger partial charge on any atom is 0.511 e. The third-order valence-corrected chi connectivity index (χ3v) is 3.20. The summed E-state index contributed by atoms with van der Waals surface area (Å²) in [6, 6.07) is 17.9. The van der Waals surface area contributed by atoms with Crippen molar-refractivity contribution < 1.29 is 14.3 Å². The van der Waals surface area contributed by atoms with E-state index in [1.54, 1.807) is 48.5 Å². The summed E-state index contributed by atoms with van der Waals surface area (Å²) in [5, 5.41) is 0. The molecule has 0 aliphatic carbocycles. The summed E-state index contributed by atoms with van der Waals surface area (Å²) >= 11 is 11.9. The molecule has 2 atom stereocenters. The molecule has 0 heterocycles. The lowest BCUT2D eigenvalue weighted by Gasteiger charge is -2.14. The van der Waals surface area contributed by atoms with E-state index in [9.17, 15) is 4.79 Å². The average molecular weight is 311 g/mol. The van der Waals surface area contributed by atoms with Crippen LogP contribution in [0.3, 0.4) is 0 Å². The van der Waals surface area contributed by atoms with Gasteiger partial charge in [0.1, 0.15) is 0 Å². The number of alkyl halides is 2. The smallest absolute Gasteiger partial charge is 0.410 e. The minimum atomic E-state index is -0.919. The van der Waals surface area contributed by atoms with Crippen LogP contribution in [0.15, 0.2) is 60.7 Å². The van der Waals surface area contributed by atoms with E-state index < -0.39 is 17.3 Å². The van der Waals surface area contributed by atoms with Crippen molar-refractivity contribution in [3.05, 3.63) is 71.8 Å². The van der Waals surface area contributed by atoms with Gasteiger partial charge in [-0.1, -0.05) is 83.9 Å². The van der Waals surface area contributed by atoms with Crippen LogP contribution in [0.1, 0.15) is 22.3 Å². The first-order valence-electron chi connectivity index (χ1n) is 5.92. The molecule has 0 saturated heterocycles. The Labute approximate surface area is 127 Å². The second-order valence-electron chi connectivity index (χ2n) is 3.94. The zero-order chi connectivity index (χ0) is 14.4. The van der Waals surface area contributed by atoms with Gasteiger partial charge >= 0.3 is 6.16 Å². The molecule has 3 nitrogen and oxygen atoms in total. The van der Waals surface area contributed by atoms with E-state index in [1.165, 1.54) is 0 Å². The number of hydrogen-bond acceptors (Lipinski definition) is 3. The fourth-order valence-corrected chi connectivity index (χ4v) is 1.98. The Hall–Kier alpha value is -1.71. The molecular formula is C15H12Cl2O3. The number of ether oxygens (including phenoxy) is 2. The summed E-state index contributed by atoms with van der Waals surface area (Å²) in [6.45, 7) is 0. The second kappa shape index (κ2) is 7.17. The molecule has 2 rings (SSSR count). The molecule has 2 aromatic carbocycles. The zero-order valence-electron chi connectivity index (χ0n) is 10.4. The Morgan fingerprint density at radius 2 is 1.10 bits per heavy atom. The summed E-state index contributed by atoms with van der Waals surface area (Å²) < 4.78 is 9.90. The summed E-state index contributed by atoms with van der Waals surface area (Å²) in [4.78, 5) is 11.6. The first-order valence-corrected chi connectivity index (χ1v) is 6.79. The predicted molar refractivity (Wildman–Crippen MR) is 77.6 cm³/mol. The largest absolute Gasteiger partial charge is 0.511 e. The van der Waals surface area contributed by atoms with Gasteiger partial charge in [0.25, 0.3) is 0 Å². The van der Waals surface area contributed by atoms with Crippen molar-refractivity contribution in [2.75, 3.05) is 0 Å². The molecule has 0 fully saturated rings. The minimum absolute atomic E-state index is 0.664. The van der Waals surface area contributed by atoms with Gasteiger partial charge in [-0.3, -0.25) is 0 Å². The van der Waals surface area contributed by atoms with Crippen LogP contribution in [0.2, 0.25) is 0 Å². The van der Waals surface area contributed by atoms with Gasteiger partial charge in [0, 0.05) is 11.1 Å². The van der Waals surface area contributed by atoms with Crippen molar-refractivity contribution in [3.8, 4) is 0 Å². The van der Waals surface area contributed by atoms with Gasteiger partial charge in [-0.25, -0.2) is 4.79 Å². The van der Waals surface area contributed by atoms with Crippen LogP contribution in [0.4, 0.5) is 4.79 Å². The summed E-state index contributed by atoms with van der Waals surface area (Å²) in [6.07, 6.45) is -0.919. The number of carbonyl (C=O) groups is 1. The highest BCUT2D eigenvalue weighted by atomic mass is 35.5. The molecule has 0 amide bonds. The van der Waals surface area contributed by atoms with Crippen LogP contribution in [-0.2, 0) is 9.47 Å². The normalized spacial score (nSPS) is 13.3. The molecule has 2 aromatic rings. The number of hydrogen-bond donors (Lipinski definition) is 0. The molecule has 0 spiro atoms. The van der Waals surface area contributed by atoms with Crippen LogP contribution in [0.5, 0.6) is 0 Å². The van der Waals surface area contributed by atoms with E-state index in [4.69, 9.17) is 32.7 Å². The summed E-state index contributed by atoms with van der Waals surface area (Å²) in [5.74, 6) is 0. The molecule has 0 aliphatic rings. The third-order valence-electron chi connectivity index (χ3n) is 2.52. The van der Waals surface area contributed by atoms with Crippen molar-refractivity contribution in [2.24, 2.45) is 0 Å². The van der Waals surface area contributed by atoms with E-state index in [0.717, 1.165) is 0 Å². The maximum atomic E-state index is 11.6. The van der Waals surface area contributed by atoms with Gasteiger partial charge < -0.3 is 9.47 Å². The van der Waals surface area contributed by atoms with E-state index in [-0.39, 0.29) is 0 Å². The molecule has 2 unspecified atom stereocenters. The van der Waals surface area contributed by atoms with Crippen molar-refractivity contribution in [1.29, 1.82) is 0 Å². The Kier molecular flexibility index (Phi) is 5.27. The van der Waals surface area contributed by atoms with Crippen LogP contribution in [-0.4, -0.2) is 6.16 Å². The number of benzene rings is 2. The molecule has 20 heavy (non-hydrogen) atoms. The van der Waals surface area contributed by atoms with Crippen LogP contribution in [0, 0.1) is 0 Å². The fourth-order valence-electron chi connectivity index (χ4n) is 1.54.